The third kappa shape index (κ3) is 3.55. The number of carbonyl (C=O) groups is 2. The summed E-state index contributed by atoms with van der Waals surface area (Å²) in [5, 5.41) is 3.59. The molecule has 6 nitrogen and oxygen atoms in total. The van der Waals surface area contributed by atoms with E-state index in [0.717, 1.165) is 5.39 Å². The van der Waals surface area contributed by atoms with Crippen LogP contribution in [0.3, 0.4) is 0 Å². The van der Waals surface area contributed by atoms with Gasteiger partial charge in [0.15, 0.2) is 12.4 Å². The summed E-state index contributed by atoms with van der Waals surface area (Å²) < 4.78 is 15.3. The molecule has 0 bridgehead atoms. The number of hydrogen-bond acceptors (Lipinski definition) is 5. The molecule has 3 aromatic rings. The van der Waals surface area contributed by atoms with Crippen LogP contribution in [0.1, 0.15) is 10.6 Å². The van der Waals surface area contributed by atoms with Gasteiger partial charge in [0.2, 0.25) is 0 Å². The Kier molecular flexibility index (Phi) is 4.47. The van der Waals surface area contributed by atoms with Gasteiger partial charge in [0, 0.05) is 17.1 Å². The minimum Gasteiger partial charge on any atom is -0.482 e. The van der Waals surface area contributed by atoms with Crippen LogP contribution in [-0.4, -0.2) is 25.6 Å². The highest BCUT2D eigenvalue weighted by Crippen LogP contribution is 2.21. The number of hydrogen-bond donors (Lipinski definition) is 1. The number of anilines is 1. The first kappa shape index (κ1) is 15.6. The Hall–Kier alpha value is -3.28. The quantitative estimate of drug-likeness (QED) is 0.729. The summed E-state index contributed by atoms with van der Waals surface area (Å²) in [7, 11) is 1.29. The number of nitrogens with one attached hydrogen (secondary N) is 1. The lowest BCUT2D eigenvalue weighted by Gasteiger charge is -2.07. The van der Waals surface area contributed by atoms with Crippen LogP contribution in [0, 0.1) is 0 Å². The molecule has 1 aromatic heterocycles. The summed E-state index contributed by atoms with van der Waals surface area (Å²) in [6.45, 7) is -0.197. The lowest BCUT2D eigenvalue weighted by molar-refractivity contribution is -0.142. The van der Waals surface area contributed by atoms with Gasteiger partial charge in [0.25, 0.3) is 5.91 Å². The topological polar surface area (TPSA) is 77.8 Å². The number of fused-ring (bicyclic) bond motifs is 1. The standard InChI is InChI=1S/C18H15NO5/c1-22-17(20)11-23-14-7-4-6-13(10-14)19-18(21)16-9-12-5-2-3-8-15(12)24-16/h2-10H,11H2,1H3,(H,19,21). The molecule has 1 amide bonds. The van der Waals surface area contributed by atoms with Gasteiger partial charge < -0.3 is 19.2 Å². The second kappa shape index (κ2) is 6.87. The van der Waals surface area contributed by atoms with Crippen LogP contribution in [-0.2, 0) is 9.53 Å². The average Bonchev–Trinajstić information content (AvgIpc) is 3.04. The normalized spacial score (nSPS) is 10.4. The maximum absolute atomic E-state index is 12.3. The maximum atomic E-state index is 12.3. The summed E-state index contributed by atoms with van der Waals surface area (Å²) in [5.74, 6) is -0.178. The predicted molar refractivity (Wildman–Crippen MR) is 88.1 cm³/mol. The van der Waals surface area contributed by atoms with E-state index in [-0.39, 0.29) is 18.3 Å². The molecule has 0 saturated heterocycles. The highest BCUT2D eigenvalue weighted by Gasteiger charge is 2.12. The molecular weight excluding hydrogens is 310 g/mol. The van der Waals surface area contributed by atoms with E-state index in [2.05, 4.69) is 10.1 Å². The highest BCUT2D eigenvalue weighted by molar-refractivity contribution is 6.04. The summed E-state index contributed by atoms with van der Waals surface area (Å²) in [5.41, 5.74) is 1.18. The third-order valence-corrected chi connectivity index (χ3v) is 3.33. The fourth-order valence-corrected chi connectivity index (χ4v) is 2.15. The molecular formula is C18H15NO5. The molecule has 0 aliphatic heterocycles. The van der Waals surface area contributed by atoms with Crippen molar-refractivity contribution in [1.82, 2.24) is 0 Å². The number of carbonyl (C=O) groups excluding carboxylic acids is 2. The molecule has 0 atom stereocenters. The molecule has 6 heteroatoms. The minimum absolute atomic E-state index is 0.197. The smallest absolute Gasteiger partial charge is 0.343 e. The number of methoxy groups -OCH3 is 1. The Morgan fingerprint density at radius 2 is 1.92 bits per heavy atom. The average molecular weight is 325 g/mol. The van der Waals surface area contributed by atoms with E-state index in [1.165, 1.54) is 7.11 Å². The summed E-state index contributed by atoms with van der Waals surface area (Å²) in [6, 6.07) is 15.8. The lowest BCUT2D eigenvalue weighted by atomic mass is 10.2. The predicted octanol–water partition coefficient (Wildman–Crippen LogP) is 3.24. The largest absolute Gasteiger partial charge is 0.482 e. The van der Waals surface area contributed by atoms with Gasteiger partial charge in [-0.25, -0.2) is 4.79 Å². The number of ether oxygens (including phenoxy) is 2. The molecule has 1 N–H and O–H groups in total. The van der Waals surface area contributed by atoms with Gasteiger partial charge in [-0.15, -0.1) is 0 Å². The highest BCUT2D eigenvalue weighted by atomic mass is 16.6. The molecule has 0 unspecified atom stereocenters. The molecule has 122 valence electrons. The van der Waals surface area contributed by atoms with Gasteiger partial charge in [0.05, 0.1) is 7.11 Å². The number of para-hydroxylation sites is 1. The minimum atomic E-state index is -0.480. The van der Waals surface area contributed by atoms with E-state index < -0.39 is 5.97 Å². The molecule has 0 spiro atoms. The first-order valence-electron chi connectivity index (χ1n) is 7.25. The molecule has 0 saturated carbocycles. The molecule has 3 rings (SSSR count). The van der Waals surface area contributed by atoms with Crippen molar-refractivity contribution in [1.29, 1.82) is 0 Å². The van der Waals surface area contributed by atoms with E-state index in [1.54, 1.807) is 36.4 Å². The summed E-state index contributed by atoms with van der Waals surface area (Å²) in [4.78, 5) is 23.4. The second-order valence-corrected chi connectivity index (χ2v) is 5.00. The van der Waals surface area contributed by atoms with Crippen molar-refractivity contribution in [2.75, 3.05) is 19.0 Å². The molecule has 0 aliphatic rings. The Labute approximate surface area is 138 Å². The van der Waals surface area contributed by atoms with Crippen LogP contribution >= 0.6 is 0 Å². The van der Waals surface area contributed by atoms with Crippen LogP contribution in [0.5, 0.6) is 5.75 Å². The van der Waals surface area contributed by atoms with Crippen molar-refractivity contribution in [3.8, 4) is 5.75 Å². The van der Waals surface area contributed by atoms with E-state index in [4.69, 9.17) is 9.15 Å². The maximum Gasteiger partial charge on any atom is 0.343 e. The zero-order valence-electron chi connectivity index (χ0n) is 12.9. The second-order valence-electron chi connectivity index (χ2n) is 5.00. The molecule has 2 aromatic carbocycles. The zero-order valence-corrected chi connectivity index (χ0v) is 12.9. The van der Waals surface area contributed by atoms with Crippen LogP contribution in [0.15, 0.2) is 59.0 Å². The number of amides is 1. The fraction of sp³-hybridized carbons (Fsp3) is 0.111. The van der Waals surface area contributed by atoms with Crippen LogP contribution in [0.25, 0.3) is 11.0 Å². The number of esters is 1. The van der Waals surface area contributed by atoms with E-state index in [0.29, 0.717) is 17.0 Å². The Morgan fingerprint density at radius 1 is 1.08 bits per heavy atom. The van der Waals surface area contributed by atoms with Crippen molar-refractivity contribution < 1.29 is 23.5 Å². The van der Waals surface area contributed by atoms with Crippen LogP contribution in [0.4, 0.5) is 5.69 Å². The van der Waals surface area contributed by atoms with Crippen LogP contribution in [0.2, 0.25) is 0 Å². The van der Waals surface area contributed by atoms with Crippen molar-refractivity contribution in [2.24, 2.45) is 0 Å². The first-order valence-corrected chi connectivity index (χ1v) is 7.25. The van der Waals surface area contributed by atoms with Gasteiger partial charge in [0.1, 0.15) is 11.3 Å². The molecule has 0 aliphatic carbocycles. The lowest BCUT2D eigenvalue weighted by Crippen LogP contribution is -2.13. The first-order chi connectivity index (χ1) is 11.7. The summed E-state index contributed by atoms with van der Waals surface area (Å²) >= 11 is 0. The fourth-order valence-electron chi connectivity index (χ4n) is 2.15. The number of furan rings is 1. The van der Waals surface area contributed by atoms with E-state index in [1.807, 2.05) is 18.2 Å². The monoisotopic (exact) mass is 325 g/mol. The van der Waals surface area contributed by atoms with Crippen LogP contribution < -0.4 is 10.1 Å². The van der Waals surface area contributed by atoms with Crippen molar-refractivity contribution in [2.45, 2.75) is 0 Å². The van der Waals surface area contributed by atoms with E-state index >= 15 is 0 Å². The Balaban J connectivity index is 1.70. The van der Waals surface area contributed by atoms with E-state index in [9.17, 15) is 9.59 Å². The van der Waals surface area contributed by atoms with Gasteiger partial charge in [-0.05, 0) is 24.3 Å². The van der Waals surface area contributed by atoms with Gasteiger partial charge in [-0.3, -0.25) is 4.79 Å². The SMILES string of the molecule is COC(=O)COc1cccc(NC(=O)c2cc3ccccc3o2)c1. The number of benzene rings is 2. The molecule has 24 heavy (non-hydrogen) atoms. The van der Waals surface area contributed by atoms with Gasteiger partial charge in [-0.1, -0.05) is 24.3 Å². The van der Waals surface area contributed by atoms with Gasteiger partial charge in [-0.2, -0.15) is 0 Å². The number of rotatable bonds is 5. The van der Waals surface area contributed by atoms with Crippen molar-refractivity contribution in [3.05, 3.63) is 60.4 Å². The summed E-state index contributed by atoms with van der Waals surface area (Å²) in [6.07, 6.45) is 0. The van der Waals surface area contributed by atoms with Crippen molar-refractivity contribution in [3.63, 3.8) is 0 Å². The zero-order chi connectivity index (χ0) is 16.9. The molecule has 1 heterocycles. The Bertz CT molecular complexity index is 851. The van der Waals surface area contributed by atoms with Gasteiger partial charge >= 0.3 is 5.97 Å². The molecule has 0 fully saturated rings. The third-order valence-electron chi connectivity index (χ3n) is 3.33. The van der Waals surface area contributed by atoms with Crippen molar-refractivity contribution >= 4 is 28.5 Å². The molecule has 0 radical (unpaired) electrons. The Morgan fingerprint density at radius 3 is 2.71 bits per heavy atom.